The van der Waals surface area contributed by atoms with Gasteiger partial charge >= 0.3 is 39.3 Å². The summed E-state index contributed by atoms with van der Waals surface area (Å²) in [6.45, 7) is 11.6. The van der Waals surface area contributed by atoms with Gasteiger partial charge in [-0.1, -0.05) is 94.9 Å². The van der Waals surface area contributed by atoms with Gasteiger partial charge in [0.25, 0.3) is 10.1 Å². The Labute approximate surface area is 853 Å². The third-order valence-electron chi connectivity index (χ3n) is 25.6. The number of benzene rings is 8. The molecule has 0 spiro atoms. The van der Waals surface area contributed by atoms with Crippen molar-refractivity contribution >= 4 is 112 Å². The summed E-state index contributed by atoms with van der Waals surface area (Å²) in [7, 11) is -16.2. The number of alkyl halides is 6. The van der Waals surface area contributed by atoms with E-state index in [4.69, 9.17) is 85.7 Å². The third-order valence-corrected chi connectivity index (χ3v) is 30.3. The molecular formula is C98H105Cl4F14N7O20S3. The van der Waals surface area contributed by atoms with E-state index in [0.29, 0.717) is 103 Å². The highest BCUT2D eigenvalue weighted by Crippen LogP contribution is 2.56. The van der Waals surface area contributed by atoms with Crippen LogP contribution in [0.1, 0.15) is 144 Å². The van der Waals surface area contributed by atoms with Gasteiger partial charge in [0.2, 0.25) is 27.6 Å². The number of carboxylic acids is 1. The van der Waals surface area contributed by atoms with Crippen LogP contribution in [0.3, 0.4) is 0 Å². The van der Waals surface area contributed by atoms with Crippen molar-refractivity contribution in [2.24, 2.45) is 5.73 Å². The average Bonchev–Trinajstić information content (AvgIpc) is 0.738. The molecule has 48 heteroatoms. The van der Waals surface area contributed by atoms with Gasteiger partial charge in [0.15, 0.2) is 46.3 Å². The maximum Gasteiger partial charge on any atom is 0.524 e. The first kappa shape index (κ1) is 116. The van der Waals surface area contributed by atoms with Gasteiger partial charge in [-0.2, -0.15) is 43.2 Å². The molecule has 4 fully saturated rings. The van der Waals surface area contributed by atoms with Crippen molar-refractivity contribution in [2.75, 3.05) is 84.2 Å². The number of sulfone groups is 1. The molecule has 8 aliphatic rings. The molecule has 16 rings (SSSR count). The highest BCUT2D eigenvalue weighted by Gasteiger charge is 2.59. The number of aliphatic carboxylic acids is 1. The maximum absolute atomic E-state index is 15.3. The molecule has 0 aliphatic carbocycles. The lowest BCUT2D eigenvalue weighted by Gasteiger charge is -2.53. The van der Waals surface area contributed by atoms with Crippen molar-refractivity contribution < 1.29 is 153 Å². The predicted octanol–water partition coefficient (Wildman–Crippen LogP) is 17.9. The van der Waals surface area contributed by atoms with Crippen LogP contribution in [-0.2, 0) is 110 Å². The van der Waals surface area contributed by atoms with Gasteiger partial charge in [-0.05, 0) is 244 Å². The Kier molecular flexibility index (Phi) is 37.2. The Balaban J connectivity index is 0.000000173. The van der Waals surface area contributed by atoms with Crippen molar-refractivity contribution in [3.8, 4) is 23.0 Å². The van der Waals surface area contributed by atoms with Crippen LogP contribution in [0, 0.1) is 46.5 Å². The highest BCUT2D eigenvalue weighted by atomic mass is 35.5. The second kappa shape index (κ2) is 47.0. The summed E-state index contributed by atoms with van der Waals surface area (Å²) >= 11 is 24.0. The minimum atomic E-state index is -6.04. The fourth-order valence-corrected chi connectivity index (χ4v) is 22.5. The summed E-state index contributed by atoms with van der Waals surface area (Å²) < 4.78 is 289. The number of amides is 5. The van der Waals surface area contributed by atoms with Crippen molar-refractivity contribution in [3.05, 3.63) is 257 Å². The smallest absolute Gasteiger partial charge is 0.488 e. The first-order valence-electron chi connectivity index (χ1n) is 45.6. The predicted molar refractivity (Wildman–Crippen MR) is 511 cm³/mol. The van der Waals surface area contributed by atoms with Crippen LogP contribution < -0.4 is 40.6 Å². The zero-order valence-corrected chi connectivity index (χ0v) is 85.0. The van der Waals surface area contributed by atoms with Crippen molar-refractivity contribution in [1.29, 1.82) is 0 Å². The second-order valence-electron chi connectivity index (χ2n) is 37.7. The SMILES string of the molecule is CC(C)(C)OC(=O)NCC(=O)N1CCC[C@@]2(Cc3ccc(Cl)cc3)c3c(F)ccc(F)c3OC[C@@H]12.CC(C)(C)OC(=O)NCC(=O)O.CS(=O)(=O)OS(=O)(=O)C(F)(F)F.Fc1ccc(F)c2c1OC[C@H]1NCCC[C@@]21Cc1ccc(Cl)cc1.NCC(=O)N1CCC[C@@]2(Cc3ccc(Cl)cc3)c3c(F)ccc(F)c3OC[C@@H]12.O=C(CCS(=O)(=O)C(F)(F)F)N1CCC[C@@]2(Cc3ccc(Cl)cc3)c3c(F)ccc(F)c3OC[C@@H]12. The second-order valence-corrected chi connectivity index (χ2v) is 44.9. The number of nitrogens with one attached hydrogen (secondary N) is 3. The van der Waals surface area contributed by atoms with E-state index in [0.717, 1.165) is 84.1 Å². The van der Waals surface area contributed by atoms with Crippen molar-refractivity contribution in [2.45, 2.75) is 193 Å². The first-order chi connectivity index (χ1) is 68.2. The lowest BCUT2D eigenvalue weighted by Crippen LogP contribution is -2.63. The quantitative estimate of drug-likeness (QED) is 0.0393. The molecule has 0 bridgehead atoms. The molecule has 8 aromatic carbocycles. The third kappa shape index (κ3) is 27.7. The standard InChI is InChI=1S/C26H29ClF2N2O4.C23H21ClF5NO4S.C21H21ClF2N2O2.C19H18ClF2NO.C7H13NO4.C2H3F3O5S2/c1-25(2,3)35-24(33)30-14-21(32)31-12-4-11-26(13-16-5-7-17(27)8-6-16)20(31)15-34-23-19(29)10-9-18(28)22(23)26;24-15-4-2-14(3-5-15)12-22-9-1-10-30(19(31)8-11-35(32,33)23(27,28)29)18(22)13-34-21-17(26)7-6-16(25)20(21)22;22-14-4-2-13(3-5-14)10-21-8-1-9-26(18(27)11-25)17(21)12-28-20-16(24)7-6-15(23)19(20)21;20-13-4-2-12(3-5-13)10-19-8-1-9-23-16(19)11-24-18-15(22)7-6-14(21)17(18)19;1-7(2,3)12-6(11)8-4-5(9)10;1-11(6,7)10-12(8,9)2(3,4)5/h5-10,20H,4,11-15H2,1-3H3,(H,30,33);2-7,18H,1,8-13H2;2-7,17H,1,8-12,25H2;2-7,16,23H,1,8-11H2;4H2,1-3H3,(H,8,11)(H,9,10);1H3/t20-,26+;18-,22+;17-,21+;16-,19+;;/m1111../s1. The summed E-state index contributed by atoms with van der Waals surface area (Å²) in [4.78, 5) is 76.1. The number of ether oxygens (including phenoxy) is 6. The molecule has 8 aliphatic heterocycles. The highest BCUT2D eigenvalue weighted by molar-refractivity contribution is 8.00. The number of nitrogens with two attached hydrogens (primary N) is 1. The number of hydrogen-bond acceptors (Lipinski definition) is 21. The minimum Gasteiger partial charge on any atom is -0.488 e. The Morgan fingerprint density at radius 1 is 0.425 bits per heavy atom. The van der Waals surface area contributed by atoms with Gasteiger partial charge in [0, 0.05) is 90.1 Å². The van der Waals surface area contributed by atoms with Gasteiger partial charge < -0.3 is 69.9 Å². The number of hydrogen-bond donors (Lipinski definition) is 5. The largest absolute Gasteiger partial charge is 0.524 e. The number of halogens is 18. The molecule has 0 aromatic heterocycles. The van der Waals surface area contributed by atoms with E-state index in [1.807, 2.05) is 48.5 Å². The molecule has 0 saturated carbocycles. The van der Waals surface area contributed by atoms with Gasteiger partial charge in [0.05, 0.1) is 42.7 Å². The monoisotopic (exact) mass is 2200 g/mol. The van der Waals surface area contributed by atoms with Crippen molar-refractivity contribution in [1.82, 2.24) is 30.7 Å². The van der Waals surface area contributed by atoms with E-state index < -0.39 is 181 Å². The summed E-state index contributed by atoms with van der Waals surface area (Å²) in [5.41, 5.74) is -5.93. The molecule has 8 aromatic rings. The zero-order chi connectivity index (χ0) is 108. The Hall–Kier alpha value is -10.7. The van der Waals surface area contributed by atoms with Crippen LogP contribution in [0.25, 0.3) is 0 Å². The van der Waals surface area contributed by atoms with E-state index in [-0.39, 0.29) is 110 Å². The molecule has 146 heavy (non-hydrogen) atoms. The summed E-state index contributed by atoms with van der Waals surface area (Å²) in [5.74, 6) is -8.91. The lowest BCUT2D eigenvalue weighted by molar-refractivity contribution is -0.139. The Bertz CT molecular complexity index is 6450. The number of fused-ring (bicyclic) bond motifs is 12. The molecule has 8 heterocycles. The fraction of sp³-hybridized carbons (Fsp3) is 0.449. The summed E-state index contributed by atoms with van der Waals surface area (Å²) in [6.07, 6.45) is 4.31. The van der Waals surface area contributed by atoms with Gasteiger partial charge in [-0.25, -0.2) is 53.1 Å². The van der Waals surface area contributed by atoms with Gasteiger partial charge in [0.1, 0.15) is 74.0 Å². The number of nitrogens with zero attached hydrogens (tertiary/aromatic N) is 3. The summed E-state index contributed by atoms with van der Waals surface area (Å²) in [5, 5.41) is 18.5. The minimum absolute atomic E-state index is 0.0130. The van der Waals surface area contributed by atoms with Gasteiger partial charge in [-0.3, -0.25) is 19.2 Å². The van der Waals surface area contributed by atoms with Crippen LogP contribution in [0.15, 0.2) is 146 Å². The van der Waals surface area contributed by atoms with Crippen LogP contribution in [-0.4, -0.2) is 212 Å². The maximum atomic E-state index is 15.3. The van der Waals surface area contributed by atoms with Crippen LogP contribution in [0.5, 0.6) is 23.0 Å². The number of alkyl carbamates (subject to hydrolysis) is 2. The van der Waals surface area contributed by atoms with Crippen molar-refractivity contribution in [3.63, 3.8) is 0 Å². The Morgan fingerprint density at radius 3 is 1.02 bits per heavy atom. The molecule has 0 unspecified atom stereocenters. The van der Waals surface area contributed by atoms with E-state index in [9.17, 15) is 102 Å². The number of likely N-dealkylation sites (tertiary alicyclic amines) is 3. The Morgan fingerprint density at radius 2 is 0.719 bits per heavy atom. The first-order valence-corrected chi connectivity index (χ1v) is 52.0. The molecule has 4 saturated heterocycles. The molecule has 6 N–H and O–H groups in total. The molecular weight excluding hydrogens is 2100 g/mol. The van der Waals surface area contributed by atoms with Gasteiger partial charge in [-0.15, -0.1) is 3.63 Å². The number of piperidine rings is 4. The van der Waals surface area contributed by atoms with Crippen LogP contribution in [0.4, 0.5) is 71.1 Å². The normalized spacial score (nSPS) is 21.3. The zero-order valence-electron chi connectivity index (χ0n) is 79.5. The number of carboxylic acid groups (broad SMARTS) is 1. The van der Waals surface area contributed by atoms with Crippen LogP contribution in [0.2, 0.25) is 20.1 Å². The molecule has 8 atom stereocenters. The van der Waals surface area contributed by atoms with E-state index in [2.05, 4.69) is 19.6 Å². The molecule has 27 nitrogen and oxygen atoms in total. The molecule has 0 radical (unpaired) electrons. The summed E-state index contributed by atoms with van der Waals surface area (Å²) in [6, 6.07) is 35.6. The lowest BCUT2D eigenvalue weighted by atomic mass is 9.63. The topological polar surface area (TPSA) is 362 Å². The van der Waals surface area contributed by atoms with E-state index in [1.165, 1.54) is 11.0 Å². The van der Waals surface area contributed by atoms with E-state index >= 15 is 13.2 Å². The average molecular weight is 2200 g/mol. The number of rotatable bonds is 18. The number of carbonyl (C=O) groups excluding carboxylic acids is 5. The van der Waals surface area contributed by atoms with E-state index in [1.54, 1.807) is 99.9 Å². The fourth-order valence-electron chi connectivity index (χ4n) is 19.7. The molecule has 5 amide bonds. The van der Waals surface area contributed by atoms with Crippen LogP contribution >= 0.6 is 46.4 Å². The molecule has 796 valence electrons. The number of carbonyl (C=O) groups is 6.